The van der Waals surface area contributed by atoms with Crippen LogP contribution in [0.25, 0.3) is 0 Å². The molecule has 3 aromatic rings. The number of thiophene rings is 1. The highest BCUT2D eigenvalue weighted by molar-refractivity contribution is 7.07. The summed E-state index contributed by atoms with van der Waals surface area (Å²) in [7, 11) is 1.66. The Kier molecular flexibility index (Phi) is 6.79. The van der Waals surface area contributed by atoms with Crippen LogP contribution in [-0.4, -0.2) is 36.2 Å². The fourth-order valence-electron chi connectivity index (χ4n) is 3.04. The van der Waals surface area contributed by atoms with Gasteiger partial charge in [0.05, 0.1) is 5.56 Å². The fraction of sp³-hybridized carbons (Fsp3) is 0.208. The van der Waals surface area contributed by atoms with Crippen molar-refractivity contribution in [2.24, 2.45) is 0 Å². The second-order valence-corrected chi connectivity index (χ2v) is 7.93. The molecule has 0 unspecified atom stereocenters. The number of aryl methyl sites for hydroxylation is 2. The van der Waals surface area contributed by atoms with Crippen molar-refractivity contribution >= 4 is 29.0 Å². The predicted octanol–water partition coefficient (Wildman–Crippen LogP) is 4.41. The van der Waals surface area contributed by atoms with E-state index in [2.05, 4.69) is 0 Å². The summed E-state index contributed by atoms with van der Waals surface area (Å²) in [5.74, 6) is -1.25. The molecule has 3 rings (SSSR count). The number of carbonyl (C=O) groups excluding carboxylic acids is 3. The maximum absolute atomic E-state index is 13.1. The number of benzene rings is 2. The Bertz CT molecular complexity index is 1070. The molecule has 1 amide bonds. The first-order chi connectivity index (χ1) is 14.4. The lowest BCUT2D eigenvalue weighted by Crippen LogP contribution is -2.30. The van der Waals surface area contributed by atoms with Crippen molar-refractivity contribution in [3.63, 3.8) is 0 Å². The average molecular weight is 422 g/mol. The Labute approximate surface area is 179 Å². The first kappa shape index (κ1) is 21.5. The van der Waals surface area contributed by atoms with Crippen LogP contribution in [0.1, 0.15) is 43.0 Å². The van der Waals surface area contributed by atoms with Gasteiger partial charge in [-0.2, -0.15) is 11.3 Å². The smallest absolute Gasteiger partial charge is 0.339 e. The summed E-state index contributed by atoms with van der Waals surface area (Å²) in [4.78, 5) is 39.6. The first-order valence-electron chi connectivity index (χ1n) is 9.50. The van der Waals surface area contributed by atoms with Crippen LogP contribution in [-0.2, 0) is 16.1 Å². The molecule has 6 heteroatoms. The second kappa shape index (κ2) is 9.50. The molecule has 0 radical (unpaired) electrons. The molecular weight excluding hydrogens is 398 g/mol. The molecule has 30 heavy (non-hydrogen) atoms. The van der Waals surface area contributed by atoms with E-state index >= 15 is 0 Å². The first-order valence-corrected chi connectivity index (χ1v) is 10.4. The molecular formula is C24H23NO4S. The normalized spacial score (nSPS) is 10.5. The lowest BCUT2D eigenvalue weighted by molar-refractivity contribution is -0.133. The lowest BCUT2D eigenvalue weighted by atomic mass is 9.94. The van der Waals surface area contributed by atoms with Crippen LogP contribution in [0, 0.1) is 13.8 Å². The van der Waals surface area contributed by atoms with Crippen LogP contribution in [0.2, 0.25) is 0 Å². The topological polar surface area (TPSA) is 63.7 Å². The Hall–Kier alpha value is -3.25. The zero-order chi connectivity index (χ0) is 21.7. The number of likely N-dealkylation sites (N-methyl/N-ethyl adjacent to an activating group) is 1. The maximum atomic E-state index is 13.1. The van der Waals surface area contributed by atoms with E-state index in [-0.39, 0.29) is 29.4 Å². The number of esters is 1. The molecule has 0 aliphatic rings. The molecule has 5 nitrogen and oxygen atoms in total. The molecule has 154 valence electrons. The Morgan fingerprint density at radius 3 is 2.40 bits per heavy atom. The minimum atomic E-state index is -0.693. The molecule has 0 saturated carbocycles. The fourth-order valence-corrected chi connectivity index (χ4v) is 3.70. The molecule has 0 bridgehead atoms. The van der Waals surface area contributed by atoms with Gasteiger partial charge < -0.3 is 9.64 Å². The second-order valence-electron chi connectivity index (χ2n) is 7.15. The van der Waals surface area contributed by atoms with E-state index in [1.807, 2.05) is 48.9 Å². The molecule has 0 atom stereocenters. The third-order valence-corrected chi connectivity index (χ3v) is 5.51. The predicted molar refractivity (Wildman–Crippen MR) is 117 cm³/mol. The van der Waals surface area contributed by atoms with Gasteiger partial charge in [0.15, 0.2) is 12.4 Å². The number of amides is 1. The Morgan fingerprint density at radius 2 is 1.70 bits per heavy atom. The van der Waals surface area contributed by atoms with E-state index in [9.17, 15) is 14.4 Å². The summed E-state index contributed by atoms with van der Waals surface area (Å²) in [5.41, 5.74) is 3.77. The molecule has 0 fully saturated rings. The molecule has 0 N–H and O–H groups in total. The molecule has 1 aromatic heterocycles. The maximum Gasteiger partial charge on any atom is 0.339 e. The number of ketones is 1. The zero-order valence-electron chi connectivity index (χ0n) is 17.2. The van der Waals surface area contributed by atoms with Gasteiger partial charge in [-0.25, -0.2) is 4.79 Å². The van der Waals surface area contributed by atoms with E-state index in [1.54, 1.807) is 42.6 Å². The number of rotatable bonds is 7. The Morgan fingerprint density at radius 1 is 0.967 bits per heavy atom. The quantitative estimate of drug-likeness (QED) is 0.419. The van der Waals surface area contributed by atoms with Crippen LogP contribution in [0.4, 0.5) is 0 Å². The number of hydrogen-bond acceptors (Lipinski definition) is 5. The van der Waals surface area contributed by atoms with Crippen LogP contribution in [0.3, 0.4) is 0 Å². The van der Waals surface area contributed by atoms with Crippen molar-refractivity contribution in [3.05, 3.63) is 92.7 Å². The summed E-state index contributed by atoms with van der Waals surface area (Å²) in [5, 5.41) is 3.91. The summed E-state index contributed by atoms with van der Waals surface area (Å²) >= 11 is 1.56. The summed E-state index contributed by atoms with van der Waals surface area (Å²) < 4.78 is 5.23. The number of carbonyl (C=O) groups is 3. The number of nitrogens with zero attached hydrogens (tertiary/aromatic N) is 1. The van der Waals surface area contributed by atoms with Crippen molar-refractivity contribution in [1.29, 1.82) is 0 Å². The molecule has 0 aliphatic carbocycles. The van der Waals surface area contributed by atoms with E-state index < -0.39 is 5.97 Å². The highest BCUT2D eigenvalue weighted by atomic mass is 32.1. The molecule has 1 heterocycles. The highest BCUT2D eigenvalue weighted by Gasteiger charge is 2.21. The average Bonchev–Trinajstić information content (AvgIpc) is 3.26. The van der Waals surface area contributed by atoms with Gasteiger partial charge in [0.1, 0.15) is 0 Å². The van der Waals surface area contributed by atoms with Gasteiger partial charge in [0.2, 0.25) is 0 Å². The van der Waals surface area contributed by atoms with Crippen molar-refractivity contribution < 1.29 is 19.1 Å². The van der Waals surface area contributed by atoms with Gasteiger partial charge in [0.25, 0.3) is 5.91 Å². The zero-order valence-corrected chi connectivity index (χ0v) is 18.0. The van der Waals surface area contributed by atoms with Crippen molar-refractivity contribution in [2.75, 3.05) is 13.7 Å². The van der Waals surface area contributed by atoms with Crippen LogP contribution < -0.4 is 0 Å². The minimum Gasteiger partial charge on any atom is -0.452 e. The van der Waals surface area contributed by atoms with Crippen molar-refractivity contribution in [3.8, 4) is 0 Å². The van der Waals surface area contributed by atoms with Crippen LogP contribution in [0.5, 0.6) is 0 Å². The van der Waals surface area contributed by atoms with Gasteiger partial charge in [-0.05, 0) is 53.9 Å². The van der Waals surface area contributed by atoms with Crippen LogP contribution in [0.15, 0.2) is 59.3 Å². The monoisotopic (exact) mass is 421 g/mol. The van der Waals surface area contributed by atoms with E-state index in [1.165, 1.54) is 4.90 Å². The minimum absolute atomic E-state index is 0.150. The van der Waals surface area contributed by atoms with Gasteiger partial charge in [-0.3, -0.25) is 9.59 Å². The van der Waals surface area contributed by atoms with Gasteiger partial charge in [-0.1, -0.05) is 35.9 Å². The van der Waals surface area contributed by atoms with Crippen molar-refractivity contribution in [1.82, 2.24) is 4.90 Å². The summed E-state index contributed by atoms with van der Waals surface area (Å²) in [6.45, 7) is 3.83. The Balaban J connectivity index is 1.72. The van der Waals surface area contributed by atoms with Gasteiger partial charge >= 0.3 is 5.97 Å². The van der Waals surface area contributed by atoms with Crippen molar-refractivity contribution in [2.45, 2.75) is 20.4 Å². The lowest BCUT2D eigenvalue weighted by Gasteiger charge is -2.16. The number of hydrogen-bond donors (Lipinski definition) is 0. The standard InChI is InChI=1S/C24H23NO4S/c1-16-8-9-17(2)21(12-16)23(27)19-6-4-5-7-20(19)24(28)29-14-22(26)25(3)13-18-10-11-30-15-18/h4-12,15H,13-14H2,1-3H3. The molecule has 2 aromatic carbocycles. The van der Waals surface area contributed by atoms with E-state index in [0.717, 1.165) is 16.7 Å². The van der Waals surface area contributed by atoms with Gasteiger partial charge in [0, 0.05) is 24.7 Å². The SMILES string of the molecule is Cc1ccc(C)c(C(=O)c2ccccc2C(=O)OCC(=O)N(C)Cc2ccsc2)c1. The third kappa shape index (κ3) is 5.02. The van der Waals surface area contributed by atoms with Gasteiger partial charge in [-0.15, -0.1) is 0 Å². The molecule has 0 spiro atoms. The van der Waals surface area contributed by atoms with Crippen LogP contribution >= 0.6 is 11.3 Å². The van der Waals surface area contributed by atoms with E-state index in [4.69, 9.17) is 4.74 Å². The summed E-state index contributed by atoms with van der Waals surface area (Å²) in [6, 6.07) is 14.1. The highest BCUT2D eigenvalue weighted by Crippen LogP contribution is 2.19. The molecule has 0 aliphatic heterocycles. The third-order valence-electron chi connectivity index (χ3n) is 4.78. The largest absolute Gasteiger partial charge is 0.452 e. The molecule has 0 saturated heterocycles. The number of ether oxygens (including phenoxy) is 1. The summed E-state index contributed by atoms with van der Waals surface area (Å²) in [6.07, 6.45) is 0. The van der Waals surface area contributed by atoms with E-state index in [0.29, 0.717) is 12.1 Å².